The van der Waals surface area contributed by atoms with Crippen LogP contribution in [0.2, 0.25) is 0 Å². The number of hydrogen-bond donors (Lipinski definition) is 0. The fourth-order valence-corrected chi connectivity index (χ4v) is 1.97. The Kier molecular flexibility index (Phi) is 2.56. The van der Waals surface area contributed by atoms with Crippen molar-refractivity contribution in [2.24, 2.45) is 0 Å². The third-order valence-corrected chi connectivity index (χ3v) is 2.95. The van der Waals surface area contributed by atoms with Crippen LogP contribution in [0.5, 0.6) is 0 Å². The molecule has 0 aliphatic carbocycles. The maximum Gasteiger partial charge on any atom is 0.0981 e. The van der Waals surface area contributed by atoms with E-state index in [1.165, 1.54) is 0 Å². The lowest BCUT2D eigenvalue weighted by atomic mass is 10.1. The first-order chi connectivity index (χ1) is 6.27. The van der Waals surface area contributed by atoms with Crippen molar-refractivity contribution >= 4 is 31.9 Å². The highest BCUT2D eigenvalue weighted by molar-refractivity contribution is 9.11. The van der Waals surface area contributed by atoms with Gasteiger partial charge in [-0.2, -0.15) is 0 Å². The molecule has 1 nitrogen and oxygen atoms in total. The third kappa shape index (κ3) is 1.86. The summed E-state index contributed by atoms with van der Waals surface area (Å²) in [5.41, 5.74) is 2.20. The number of benzene rings is 1. The second kappa shape index (κ2) is 3.68. The fourth-order valence-electron chi connectivity index (χ4n) is 1.14. The van der Waals surface area contributed by atoms with Crippen LogP contribution in [0.15, 0.2) is 50.2 Å². The van der Waals surface area contributed by atoms with Gasteiger partial charge in [0.15, 0.2) is 0 Å². The molecule has 1 aromatic heterocycles. The highest BCUT2D eigenvalue weighted by Gasteiger charge is 2.04. The Hall–Kier alpha value is -0.540. The molecule has 1 aromatic carbocycles. The predicted octanol–water partition coefficient (Wildman–Crippen LogP) is 4.47. The van der Waals surface area contributed by atoms with Gasteiger partial charge in [-0.25, -0.2) is 0 Å². The Morgan fingerprint density at radius 1 is 1.08 bits per heavy atom. The van der Waals surface area contributed by atoms with Crippen LogP contribution in [-0.4, -0.2) is 0 Å². The maximum absolute atomic E-state index is 5.03. The van der Waals surface area contributed by atoms with Crippen molar-refractivity contribution < 1.29 is 4.42 Å². The first-order valence-electron chi connectivity index (χ1n) is 3.75. The van der Waals surface area contributed by atoms with Crippen molar-refractivity contribution in [2.45, 2.75) is 0 Å². The molecule has 13 heavy (non-hydrogen) atoms. The Labute approximate surface area is 93.0 Å². The average molecular weight is 302 g/mol. The highest BCUT2D eigenvalue weighted by atomic mass is 79.9. The second-order valence-corrected chi connectivity index (χ2v) is 4.41. The molecule has 66 valence electrons. The molecule has 0 radical (unpaired) electrons. The molecule has 0 fully saturated rings. The summed E-state index contributed by atoms with van der Waals surface area (Å²) in [5.74, 6) is 0. The van der Waals surface area contributed by atoms with Gasteiger partial charge in [0, 0.05) is 20.1 Å². The molecule has 0 amide bonds. The van der Waals surface area contributed by atoms with Gasteiger partial charge < -0.3 is 4.42 Å². The van der Waals surface area contributed by atoms with Gasteiger partial charge in [-0.1, -0.05) is 31.9 Å². The molecule has 0 bridgehead atoms. The summed E-state index contributed by atoms with van der Waals surface area (Å²) in [5, 5.41) is 0. The number of hydrogen-bond acceptors (Lipinski definition) is 1. The molecular weight excluding hydrogens is 296 g/mol. The topological polar surface area (TPSA) is 13.1 Å². The van der Waals surface area contributed by atoms with E-state index < -0.39 is 0 Å². The average Bonchev–Trinajstić information content (AvgIpc) is 2.61. The number of rotatable bonds is 1. The summed E-state index contributed by atoms with van der Waals surface area (Å²) >= 11 is 6.92. The lowest BCUT2D eigenvalue weighted by molar-refractivity contribution is 0.568. The van der Waals surface area contributed by atoms with Crippen molar-refractivity contribution in [3.63, 3.8) is 0 Å². The van der Waals surface area contributed by atoms with Crippen LogP contribution in [0.1, 0.15) is 0 Å². The fraction of sp³-hybridized carbons (Fsp3) is 0. The van der Waals surface area contributed by atoms with Crippen molar-refractivity contribution in [3.8, 4) is 11.1 Å². The van der Waals surface area contributed by atoms with Crippen LogP contribution in [0, 0.1) is 0 Å². The van der Waals surface area contributed by atoms with E-state index in [9.17, 15) is 0 Å². The lowest BCUT2D eigenvalue weighted by Crippen LogP contribution is -1.76. The maximum atomic E-state index is 5.03. The van der Waals surface area contributed by atoms with Crippen molar-refractivity contribution in [1.29, 1.82) is 0 Å². The minimum absolute atomic E-state index is 1.06. The summed E-state index contributed by atoms with van der Waals surface area (Å²) in [6.45, 7) is 0. The van der Waals surface area contributed by atoms with Crippen LogP contribution in [0.4, 0.5) is 0 Å². The van der Waals surface area contributed by atoms with E-state index >= 15 is 0 Å². The molecule has 0 aliphatic rings. The molecule has 0 saturated heterocycles. The molecule has 0 atom stereocenters. The van der Waals surface area contributed by atoms with Gasteiger partial charge in [-0.05, 0) is 24.3 Å². The molecule has 1 heterocycles. The molecule has 2 rings (SSSR count). The van der Waals surface area contributed by atoms with E-state index in [1.54, 1.807) is 12.5 Å². The predicted molar refractivity (Wildman–Crippen MR) is 59.5 cm³/mol. The van der Waals surface area contributed by atoms with Gasteiger partial charge in [-0.15, -0.1) is 0 Å². The van der Waals surface area contributed by atoms with E-state index in [4.69, 9.17) is 4.42 Å². The van der Waals surface area contributed by atoms with Gasteiger partial charge in [0.25, 0.3) is 0 Å². The van der Waals surface area contributed by atoms with Gasteiger partial charge in [-0.3, -0.25) is 0 Å². The Morgan fingerprint density at radius 2 is 1.92 bits per heavy atom. The Morgan fingerprint density at radius 3 is 2.62 bits per heavy atom. The van der Waals surface area contributed by atoms with Crippen LogP contribution in [-0.2, 0) is 0 Å². The quantitative estimate of drug-likeness (QED) is 0.757. The Bertz CT molecular complexity index is 407. The molecular formula is C10H6Br2O. The van der Waals surface area contributed by atoms with E-state index in [2.05, 4.69) is 37.9 Å². The molecule has 0 N–H and O–H groups in total. The van der Waals surface area contributed by atoms with Crippen LogP contribution >= 0.6 is 31.9 Å². The van der Waals surface area contributed by atoms with Crippen LogP contribution in [0.3, 0.4) is 0 Å². The van der Waals surface area contributed by atoms with Crippen LogP contribution in [0.25, 0.3) is 11.1 Å². The standard InChI is InChI=1S/C10H6Br2O/c11-8-1-2-10(12)9(5-8)7-3-4-13-6-7/h1-6H. The zero-order chi connectivity index (χ0) is 9.26. The third-order valence-electron chi connectivity index (χ3n) is 1.76. The molecule has 0 saturated carbocycles. The lowest BCUT2D eigenvalue weighted by Gasteiger charge is -2.01. The molecule has 0 spiro atoms. The summed E-state index contributed by atoms with van der Waals surface area (Å²) in [4.78, 5) is 0. The van der Waals surface area contributed by atoms with E-state index in [0.29, 0.717) is 0 Å². The van der Waals surface area contributed by atoms with E-state index in [1.807, 2.05) is 18.2 Å². The summed E-state index contributed by atoms with van der Waals surface area (Å²) in [6, 6.07) is 7.99. The van der Waals surface area contributed by atoms with Crippen molar-refractivity contribution in [3.05, 3.63) is 45.7 Å². The van der Waals surface area contributed by atoms with Crippen molar-refractivity contribution in [1.82, 2.24) is 0 Å². The van der Waals surface area contributed by atoms with Crippen molar-refractivity contribution in [2.75, 3.05) is 0 Å². The van der Waals surface area contributed by atoms with E-state index in [-0.39, 0.29) is 0 Å². The monoisotopic (exact) mass is 300 g/mol. The second-order valence-electron chi connectivity index (χ2n) is 2.64. The molecule has 0 unspecified atom stereocenters. The summed E-state index contributed by atoms with van der Waals surface area (Å²) in [6.07, 6.45) is 3.40. The summed E-state index contributed by atoms with van der Waals surface area (Å²) < 4.78 is 7.16. The minimum atomic E-state index is 1.06. The zero-order valence-electron chi connectivity index (χ0n) is 6.63. The molecule has 3 heteroatoms. The summed E-state index contributed by atoms with van der Waals surface area (Å²) in [7, 11) is 0. The SMILES string of the molecule is Brc1ccc(Br)c(-c2ccoc2)c1. The first-order valence-corrected chi connectivity index (χ1v) is 5.33. The number of halogens is 2. The van der Waals surface area contributed by atoms with Gasteiger partial charge in [0.2, 0.25) is 0 Å². The smallest absolute Gasteiger partial charge is 0.0981 e. The Balaban J connectivity index is 2.57. The highest BCUT2D eigenvalue weighted by Crippen LogP contribution is 2.30. The largest absolute Gasteiger partial charge is 0.472 e. The van der Waals surface area contributed by atoms with E-state index in [0.717, 1.165) is 20.1 Å². The minimum Gasteiger partial charge on any atom is -0.472 e. The van der Waals surface area contributed by atoms with Gasteiger partial charge in [0.05, 0.1) is 12.5 Å². The van der Waals surface area contributed by atoms with Gasteiger partial charge in [0.1, 0.15) is 0 Å². The van der Waals surface area contributed by atoms with Crippen LogP contribution < -0.4 is 0 Å². The first kappa shape index (κ1) is 9.03. The normalized spacial score (nSPS) is 10.3. The molecule has 0 aliphatic heterocycles. The number of furan rings is 1. The molecule has 2 aromatic rings. The zero-order valence-corrected chi connectivity index (χ0v) is 9.80. The van der Waals surface area contributed by atoms with Gasteiger partial charge >= 0.3 is 0 Å².